The van der Waals surface area contributed by atoms with Crippen LogP contribution < -0.4 is 9.47 Å². The second kappa shape index (κ2) is 7.97. The zero-order valence-electron chi connectivity index (χ0n) is 16.0. The number of amides is 1. The number of hydrazone groups is 1. The number of rotatable bonds is 5. The maximum Gasteiger partial charge on any atom is 0.274 e. The van der Waals surface area contributed by atoms with Gasteiger partial charge in [0.2, 0.25) is 0 Å². The number of nitrogens with zero attached hydrogens (tertiary/aromatic N) is 2. The minimum atomic E-state index is -0.444. The third-order valence-corrected chi connectivity index (χ3v) is 5.77. The summed E-state index contributed by atoms with van der Waals surface area (Å²) in [5.74, 6) is 0.716. The molecule has 3 aromatic rings. The zero-order chi connectivity index (χ0) is 20.4. The van der Waals surface area contributed by atoms with Gasteiger partial charge < -0.3 is 14.6 Å². The molecule has 0 bridgehead atoms. The number of phenols is 1. The fraction of sp³-hybridized carbons (Fsp3) is 0.182. The molecule has 2 heterocycles. The molecular weight excluding hydrogens is 388 g/mol. The van der Waals surface area contributed by atoms with Gasteiger partial charge in [-0.3, -0.25) is 4.79 Å². The third-order valence-electron chi connectivity index (χ3n) is 4.85. The summed E-state index contributed by atoms with van der Waals surface area (Å²) in [7, 11) is 3.06. The number of benzene rings is 2. The van der Waals surface area contributed by atoms with E-state index in [1.54, 1.807) is 60.9 Å². The van der Waals surface area contributed by atoms with E-state index in [-0.39, 0.29) is 11.7 Å². The molecule has 148 valence electrons. The molecular formula is C22H20N2O4S. The summed E-state index contributed by atoms with van der Waals surface area (Å²) in [6.45, 7) is 0. The molecule has 0 saturated carbocycles. The molecule has 1 atom stereocenters. The largest absolute Gasteiger partial charge is 0.504 e. The Bertz CT molecular complexity index is 1060. The number of aromatic hydroxyl groups is 1. The van der Waals surface area contributed by atoms with Crippen LogP contribution in [-0.2, 0) is 0 Å². The summed E-state index contributed by atoms with van der Waals surface area (Å²) in [6.07, 6.45) is 0.497. The van der Waals surface area contributed by atoms with E-state index in [1.165, 1.54) is 12.1 Å². The van der Waals surface area contributed by atoms with Gasteiger partial charge in [-0.2, -0.15) is 5.10 Å². The van der Waals surface area contributed by atoms with Crippen LogP contribution in [-0.4, -0.2) is 36.0 Å². The van der Waals surface area contributed by atoms with Crippen LogP contribution in [0.15, 0.2) is 65.1 Å². The predicted octanol–water partition coefficient (Wildman–Crippen LogP) is 4.46. The van der Waals surface area contributed by atoms with Crippen LogP contribution in [0.5, 0.6) is 17.2 Å². The van der Waals surface area contributed by atoms with Gasteiger partial charge in [0.15, 0.2) is 11.5 Å². The van der Waals surface area contributed by atoms with Gasteiger partial charge >= 0.3 is 0 Å². The molecule has 0 aliphatic carbocycles. The Balaban J connectivity index is 1.77. The summed E-state index contributed by atoms with van der Waals surface area (Å²) >= 11 is 1.57. The quantitative estimate of drug-likeness (QED) is 0.677. The molecule has 29 heavy (non-hydrogen) atoms. The molecule has 1 amide bonds. The minimum Gasteiger partial charge on any atom is -0.504 e. The van der Waals surface area contributed by atoms with Gasteiger partial charge in [-0.1, -0.05) is 24.3 Å². The van der Waals surface area contributed by atoms with Crippen LogP contribution in [0.4, 0.5) is 0 Å². The molecule has 1 aliphatic rings. The van der Waals surface area contributed by atoms with Gasteiger partial charge in [0, 0.05) is 17.5 Å². The van der Waals surface area contributed by atoms with Crippen molar-refractivity contribution in [2.45, 2.75) is 12.5 Å². The van der Waals surface area contributed by atoms with Crippen molar-refractivity contribution in [2.24, 2.45) is 5.10 Å². The van der Waals surface area contributed by atoms with Crippen LogP contribution in [0.2, 0.25) is 0 Å². The Labute approximate surface area is 172 Å². The molecule has 4 rings (SSSR count). The van der Waals surface area contributed by atoms with E-state index < -0.39 is 6.04 Å². The van der Waals surface area contributed by atoms with Crippen LogP contribution in [0.3, 0.4) is 0 Å². The topological polar surface area (TPSA) is 71.4 Å². The van der Waals surface area contributed by atoms with Crippen LogP contribution in [0.25, 0.3) is 0 Å². The highest BCUT2D eigenvalue weighted by atomic mass is 32.1. The predicted molar refractivity (Wildman–Crippen MR) is 112 cm³/mol. The SMILES string of the molecule is COc1cccc(C(=O)N2N=C(c3cccs3)CC2c2cccc(OC)c2O)c1. The first-order chi connectivity index (χ1) is 14.1. The normalized spacial score (nSPS) is 15.9. The average molecular weight is 408 g/mol. The first kappa shape index (κ1) is 19.0. The lowest BCUT2D eigenvalue weighted by atomic mass is 9.99. The molecule has 0 spiro atoms. The highest BCUT2D eigenvalue weighted by Crippen LogP contribution is 2.42. The van der Waals surface area contributed by atoms with Crippen molar-refractivity contribution in [1.82, 2.24) is 5.01 Å². The molecule has 2 aromatic carbocycles. The maximum atomic E-state index is 13.3. The van der Waals surface area contributed by atoms with Gasteiger partial charge in [0.1, 0.15) is 5.75 Å². The fourth-order valence-electron chi connectivity index (χ4n) is 3.39. The molecule has 1 N–H and O–H groups in total. The number of hydrogen-bond acceptors (Lipinski definition) is 6. The van der Waals surface area contributed by atoms with Crippen LogP contribution in [0, 0.1) is 0 Å². The molecule has 1 aromatic heterocycles. The highest BCUT2D eigenvalue weighted by Gasteiger charge is 2.36. The van der Waals surface area contributed by atoms with Gasteiger partial charge in [-0.25, -0.2) is 5.01 Å². The van der Waals surface area contributed by atoms with Crippen molar-refractivity contribution in [2.75, 3.05) is 14.2 Å². The lowest BCUT2D eigenvalue weighted by Crippen LogP contribution is -2.27. The minimum absolute atomic E-state index is 0.0195. The number of carbonyl (C=O) groups excluding carboxylic acids is 1. The average Bonchev–Trinajstić information content (AvgIpc) is 3.43. The van der Waals surface area contributed by atoms with E-state index in [9.17, 15) is 9.90 Å². The van der Waals surface area contributed by atoms with E-state index in [4.69, 9.17) is 9.47 Å². The Morgan fingerprint density at radius 1 is 1.14 bits per heavy atom. The van der Waals surface area contributed by atoms with E-state index in [2.05, 4.69) is 5.10 Å². The van der Waals surface area contributed by atoms with Crippen molar-refractivity contribution in [3.05, 3.63) is 76.0 Å². The molecule has 0 fully saturated rings. The lowest BCUT2D eigenvalue weighted by molar-refractivity contribution is 0.0709. The number of para-hydroxylation sites is 1. The summed E-state index contributed by atoms with van der Waals surface area (Å²) in [6, 6.07) is 15.7. The number of thiophene rings is 1. The Kier molecular flexibility index (Phi) is 5.22. The van der Waals surface area contributed by atoms with E-state index in [1.807, 2.05) is 17.5 Å². The van der Waals surface area contributed by atoms with Gasteiger partial charge in [-0.05, 0) is 35.7 Å². The fourth-order valence-corrected chi connectivity index (χ4v) is 4.11. The number of ether oxygens (including phenoxy) is 2. The van der Waals surface area contributed by atoms with Crippen LogP contribution >= 0.6 is 11.3 Å². The van der Waals surface area contributed by atoms with E-state index >= 15 is 0 Å². The first-order valence-corrected chi connectivity index (χ1v) is 9.95. The van der Waals surface area contributed by atoms with Crippen molar-refractivity contribution in [3.63, 3.8) is 0 Å². The number of carbonyl (C=O) groups is 1. The standard InChI is InChI=1S/C22H20N2O4S/c1-27-15-7-3-6-14(12-15)22(26)24-18(13-17(23-24)20-10-5-11-29-20)16-8-4-9-19(28-2)21(16)25/h3-12,18,25H,13H2,1-2H3. The van der Waals surface area contributed by atoms with Crippen molar-refractivity contribution >= 4 is 23.0 Å². The molecule has 6 nitrogen and oxygen atoms in total. The monoisotopic (exact) mass is 408 g/mol. The molecule has 1 unspecified atom stereocenters. The molecule has 0 radical (unpaired) electrons. The Morgan fingerprint density at radius 2 is 1.97 bits per heavy atom. The van der Waals surface area contributed by atoms with E-state index in [0.717, 1.165) is 10.6 Å². The van der Waals surface area contributed by atoms with Crippen molar-refractivity contribution < 1.29 is 19.4 Å². The second-order valence-electron chi connectivity index (χ2n) is 6.52. The molecule has 7 heteroatoms. The van der Waals surface area contributed by atoms with Crippen molar-refractivity contribution in [1.29, 1.82) is 0 Å². The van der Waals surface area contributed by atoms with Crippen LogP contribution in [0.1, 0.15) is 33.3 Å². The summed E-state index contributed by atoms with van der Waals surface area (Å²) in [5, 5.41) is 18.7. The zero-order valence-corrected chi connectivity index (χ0v) is 16.8. The number of phenolic OH excluding ortho intramolecular Hbond substituents is 1. The Hall–Kier alpha value is -3.32. The molecule has 1 aliphatic heterocycles. The smallest absolute Gasteiger partial charge is 0.274 e. The summed E-state index contributed by atoms with van der Waals surface area (Å²) in [4.78, 5) is 14.3. The maximum absolute atomic E-state index is 13.3. The first-order valence-electron chi connectivity index (χ1n) is 9.07. The molecule has 0 saturated heterocycles. The number of hydrogen-bond donors (Lipinski definition) is 1. The number of methoxy groups -OCH3 is 2. The highest BCUT2D eigenvalue weighted by molar-refractivity contribution is 7.12. The van der Waals surface area contributed by atoms with E-state index in [0.29, 0.717) is 29.0 Å². The Morgan fingerprint density at radius 3 is 2.69 bits per heavy atom. The summed E-state index contributed by atoms with van der Waals surface area (Å²) < 4.78 is 10.5. The van der Waals surface area contributed by atoms with Gasteiger partial charge in [0.05, 0.1) is 30.9 Å². The second-order valence-corrected chi connectivity index (χ2v) is 7.47. The summed E-state index contributed by atoms with van der Waals surface area (Å²) in [5.41, 5.74) is 1.87. The van der Waals surface area contributed by atoms with Gasteiger partial charge in [0.25, 0.3) is 5.91 Å². The third kappa shape index (κ3) is 3.56. The lowest BCUT2D eigenvalue weighted by Gasteiger charge is -2.23. The van der Waals surface area contributed by atoms with Crippen molar-refractivity contribution in [3.8, 4) is 17.2 Å². The van der Waals surface area contributed by atoms with Gasteiger partial charge in [-0.15, -0.1) is 11.3 Å².